The zero-order valence-corrected chi connectivity index (χ0v) is 24.4. The lowest BCUT2D eigenvalue weighted by Gasteiger charge is -2.23. The molecule has 7 nitrogen and oxygen atoms in total. The van der Waals surface area contributed by atoms with E-state index in [1.54, 1.807) is 42.5 Å². The van der Waals surface area contributed by atoms with Crippen LogP contribution in [0.4, 0.5) is 9.52 Å². The molecular weight excluding hydrogens is 561 g/mol. The second kappa shape index (κ2) is 12.2. The van der Waals surface area contributed by atoms with Gasteiger partial charge in [-0.2, -0.15) is 0 Å². The van der Waals surface area contributed by atoms with E-state index >= 15 is 0 Å². The van der Waals surface area contributed by atoms with Crippen molar-refractivity contribution < 1.29 is 23.8 Å². The number of carbonyl (C=O) groups excluding carboxylic acids is 2. The van der Waals surface area contributed by atoms with Crippen molar-refractivity contribution in [2.45, 2.75) is 43.3 Å². The Hall–Kier alpha value is -4.02. The molecule has 1 saturated heterocycles. The lowest BCUT2D eigenvalue weighted by atomic mass is 9.93. The Kier molecular flexibility index (Phi) is 8.51. The fraction of sp³-hybridized carbons (Fsp3) is 0.226. The Morgan fingerprint density at radius 1 is 1.05 bits per heavy atom. The zero-order valence-electron chi connectivity index (χ0n) is 22.8. The number of rotatable bonds is 9. The summed E-state index contributed by atoms with van der Waals surface area (Å²) in [6, 6.07) is 18.0. The summed E-state index contributed by atoms with van der Waals surface area (Å²) in [4.78, 5) is 28.3. The molecule has 3 aromatic carbocycles. The first-order chi connectivity index (χ1) is 19.8. The van der Waals surface area contributed by atoms with Gasteiger partial charge >= 0.3 is 5.91 Å². The number of halogens is 1. The summed E-state index contributed by atoms with van der Waals surface area (Å²) < 4.78 is 19.6. The molecule has 41 heavy (non-hydrogen) atoms. The molecule has 5 rings (SSSR count). The van der Waals surface area contributed by atoms with Crippen molar-refractivity contribution in [3.63, 3.8) is 0 Å². The van der Waals surface area contributed by atoms with Gasteiger partial charge in [0.15, 0.2) is 4.34 Å². The third-order valence-corrected chi connectivity index (χ3v) is 8.77. The van der Waals surface area contributed by atoms with Gasteiger partial charge in [0.05, 0.1) is 18.2 Å². The zero-order chi connectivity index (χ0) is 29.1. The van der Waals surface area contributed by atoms with Crippen LogP contribution >= 0.6 is 23.1 Å². The average Bonchev–Trinajstić information content (AvgIpc) is 3.54. The highest BCUT2D eigenvalue weighted by Crippen LogP contribution is 2.44. The second-order valence-corrected chi connectivity index (χ2v) is 11.8. The van der Waals surface area contributed by atoms with Crippen LogP contribution in [0.15, 0.2) is 76.6 Å². The van der Waals surface area contributed by atoms with Gasteiger partial charge in [-0.05, 0) is 67.3 Å². The van der Waals surface area contributed by atoms with Crippen molar-refractivity contribution in [1.82, 2.24) is 10.2 Å². The minimum atomic E-state index is -0.918. The molecule has 2 heterocycles. The molecule has 0 aliphatic carbocycles. The summed E-state index contributed by atoms with van der Waals surface area (Å²) in [7, 11) is 0. The number of thioether (sulfide) groups is 1. The first-order valence-corrected chi connectivity index (χ1v) is 14.9. The molecule has 1 atom stereocenters. The smallest absolute Gasteiger partial charge is 0.301 e. The van der Waals surface area contributed by atoms with E-state index in [0.717, 1.165) is 23.1 Å². The first-order valence-electron chi connectivity index (χ1n) is 13.1. The Balaban J connectivity index is 1.54. The van der Waals surface area contributed by atoms with Gasteiger partial charge in [-0.1, -0.05) is 72.0 Å². The van der Waals surface area contributed by atoms with Crippen LogP contribution in [0.5, 0.6) is 5.75 Å². The van der Waals surface area contributed by atoms with Gasteiger partial charge in [-0.15, -0.1) is 10.2 Å². The van der Waals surface area contributed by atoms with E-state index in [1.165, 1.54) is 40.1 Å². The van der Waals surface area contributed by atoms with Crippen LogP contribution in [0.3, 0.4) is 0 Å². The second-order valence-electron chi connectivity index (χ2n) is 9.67. The molecule has 4 aromatic rings. The number of ether oxygens (including phenoxy) is 1. The number of anilines is 1. The number of aromatic nitrogens is 2. The number of carbonyl (C=O) groups is 2. The predicted molar refractivity (Wildman–Crippen MR) is 159 cm³/mol. The van der Waals surface area contributed by atoms with Crippen molar-refractivity contribution in [3.05, 3.63) is 106 Å². The standard InChI is InChI=1S/C31H28FN3O4S2/c1-4-15-39-23-13-9-21(10-14-23)26-25(27(36)24-16-18(2)5-6-19(24)3)28(37)29(38)35(26)30-33-34-31(41-30)40-17-20-7-11-22(32)12-8-20/h5-14,16,26,36H,4,15,17H2,1-3H3/b27-25+. The maximum Gasteiger partial charge on any atom is 0.301 e. The molecule has 1 fully saturated rings. The molecule has 1 aliphatic heterocycles. The van der Waals surface area contributed by atoms with Gasteiger partial charge in [-0.25, -0.2) is 4.39 Å². The van der Waals surface area contributed by atoms with Crippen LogP contribution in [0.2, 0.25) is 0 Å². The summed E-state index contributed by atoms with van der Waals surface area (Å²) in [5, 5.41) is 20.2. The summed E-state index contributed by atoms with van der Waals surface area (Å²) in [6.45, 7) is 6.32. The molecule has 1 amide bonds. The highest BCUT2D eigenvalue weighted by Gasteiger charge is 2.48. The number of aliphatic hydroxyl groups is 1. The third-order valence-electron chi connectivity index (χ3n) is 6.64. The monoisotopic (exact) mass is 589 g/mol. The normalized spacial score (nSPS) is 16.4. The topological polar surface area (TPSA) is 92.6 Å². The number of amides is 1. The Morgan fingerprint density at radius 3 is 2.49 bits per heavy atom. The molecule has 0 spiro atoms. The summed E-state index contributed by atoms with van der Waals surface area (Å²) in [6.07, 6.45) is 0.857. The highest BCUT2D eigenvalue weighted by molar-refractivity contribution is 8.00. The van der Waals surface area contributed by atoms with Gasteiger partial charge in [0, 0.05) is 11.3 Å². The third kappa shape index (κ3) is 6.03. The Bertz CT molecular complexity index is 1620. The van der Waals surface area contributed by atoms with Crippen molar-refractivity contribution in [2.24, 2.45) is 0 Å². The van der Waals surface area contributed by atoms with Crippen LogP contribution in [-0.2, 0) is 15.3 Å². The fourth-order valence-electron chi connectivity index (χ4n) is 4.53. The average molecular weight is 590 g/mol. The number of aryl methyl sites for hydroxylation is 2. The quantitative estimate of drug-likeness (QED) is 0.0739. The molecule has 1 unspecified atom stereocenters. The van der Waals surface area contributed by atoms with E-state index in [-0.39, 0.29) is 22.3 Å². The van der Waals surface area contributed by atoms with Crippen LogP contribution in [0.25, 0.3) is 5.76 Å². The number of ketones is 1. The lowest BCUT2D eigenvalue weighted by Crippen LogP contribution is -2.29. The van der Waals surface area contributed by atoms with Gasteiger partial charge in [0.2, 0.25) is 5.13 Å². The van der Waals surface area contributed by atoms with E-state index in [0.29, 0.717) is 33.6 Å². The van der Waals surface area contributed by atoms with Gasteiger partial charge in [0.1, 0.15) is 17.3 Å². The van der Waals surface area contributed by atoms with E-state index in [9.17, 15) is 19.1 Å². The van der Waals surface area contributed by atoms with Gasteiger partial charge in [0.25, 0.3) is 5.78 Å². The number of Topliss-reactive ketones (excluding diaryl/α,β-unsaturated/α-hetero) is 1. The molecule has 10 heteroatoms. The number of nitrogens with zero attached hydrogens (tertiary/aromatic N) is 3. The van der Waals surface area contributed by atoms with Gasteiger partial charge < -0.3 is 9.84 Å². The van der Waals surface area contributed by atoms with E-state index < -0.39 is 17.7 Å². The molecular formula is C31H28FN3O4S2. The lowest BCUT2D eigenvalue weighted by molar-refractivity contribution is -0.132. The SMILES string of the molecule is CCCOc1ccc(C2/C(=C(\O)c3cc(C)ccc3C)C(=O)C(=O)N2c2nnc(SCc3ccc(F)cc3)s2)cc1. The van der Waals surface area contributed by atoms with E-state index in [2.05, 4.69) is 10.2 Å². The van der Waals surface area contributed by atoms with E-state index in [1.807, 2.05) is 32.9 Å². The summed E-state index contributed by atoms with van der Waals surface area (Å²) >= 11 is 2.57. The Labute approximate surface area is 245 Å². The number of benzene rings is 3. The predicted octanol–water partition coefficient (Wildman–Crippen LogP) is 7.00. The largest absolute Gasteiger partial charge is 0.507 e. The van der Waals surface area contributed by atoms with E-state index in [4.69, 9.17) is 4.74 Å². The minimum absolute atomic E-state index is 0.0124. The Morgan fingerprint density at radius 2 is 1.78 bits per heavy atom. The van der Waals surface area contributed by atoms with Crippen molar-refractivity contribution in [1.29, 1.82) is 0 Å². The first kappa shape index (κ1) is 28.5. The van der Waals surface area contributed by atoms with Crippen molar-refractivity contribution in [3.8, 4) is 5.75 Å². The van der Waals surface area contributed by atoms with Crippen LogP contribution in [-0.4, -0.2) is 33.6 Å². The molecule has 1 N–H and O–H groups in total. The van der Waals surface area contributed by atoms with Crippen LogP contribution < -0.4 is 9.64 Å². The number of hydrogen-bond acceptors (Lipinski definition) is 8. The maximum absolute atomic E-state index is 13.5. The van der Waals surface area contributed by atoms with Gasteiger partial charge in [-0.3, -0.25) is 14.5 Å². The maximum atomic E-state index is 13.5. The molecule has 0 saturated carbocycles. The molecule has 0 radical (unpaired) electrons. The van der Waals surface area contributed by atoms with Crippen molar-refractivity contribution >= 4 is 45.7 Å². The number of hydrogen-bond donors (Lipinski definition) is 1. The molecule has 1 aliphatic rings. The fourth-order valence-corrected chi connectivity index (χ4v) is 6.35. The minimum Gasteiger partial charge on any atom is -0.507 e. The van der Waals surface area contributed by atoms with Crippen molar-refractivity contribution in [2.75, 3.05) is 11.5 Å². The highest BCUT2D eigenvalue weighted by atomic mass is 32.2. The number of aliphatic hydroxyl groups excluding tert-OH is 1. The molecule has 0 bridgehead atoms. The molecule has 1 aromatic heterocycles. The van der Waals surface area contributed by atoms with Crippen LogP contribution in [0, 0.1) is 19.7 Å². The summed E-state index contributed by atoms with van der Waals surface area (Å²) in [5.41, 5.74) is 3.69. The molecule has 210 valence electrons. The summed E-state index contributed by atoms with van der Waals surface area (Å²) in [5.74, 6) is -0.938. The van der Waals surface area contributed by atoms with Crippen LogP contribution in [0.1, 0.15) is 47.2 Å².